The van der Waals surface area contributed by atoms with E-state index in [0.717, 1.165) is 49.8 Å². The van der Waals surface area contributed by atoms with Gasteiger partial charge in [0.05, 0.1) is 11.6 Å². The van der Waals surface area contributed by atoms with Crippen LogP contribution in [0.2, 0.25) is 0 Å². The van der Waals surface area contributed by atoms with E-state index in [9.17, 15) is 9.50 Å². The summed E-state index contributed by atoms with van der Waals surface area (Å²) in [6, 6.07) is 13.9. The highest BCUT2D eigenvalue weighted by Crippen LogP contribution is 2.52. The van der Waals surface area contributed by atoms with Gasteiger partial charge < -0.3 is 9.84 Å². The highest BCUT2D eigenvalue weighted by atomic mass is 35.5. The van der Waals surface area contributed by atoms with E-state index in [1.807, 2.05) is 23.9 Å². The van der Waals surface area contributed by atoms with Gasteiger partial charge in [-0.2, -0.15) is 0 Å². The number of aliphatic hydroxyl groups excluding tert-OH is 1. The first-order valence-corrected chi connectivity index (χ1v) is 11.5. The maximum Gasteiger partial charge on any atom is 0.158 e. The Morgan fingerprint density at radius 2 is 1.87 bits per heavy atom. The minimum Gasteiger partial charge on any atom is -0.475 e. The fourth-order valence-corrected chi connectivity index (χ4v) is 5.89. The molecular weight excluding hydrogens is 421 g/mol. The zero-order chi connectivity index (χ0) is 20.4. The standard InChI is InChI=1S/C24H30FNO2S.ClH/c1-3-24(4-2)28-22-14-8-18(15-23(22)29-24)21-13-12-20(26(21)16-27)11-7-17-5-9-19(25)10-6-17;/h5-6,8-10,14-15,20-21,27H,3-4,7,11-13,16H2,1-2H3;1H. The minimum absolute atomic E-state index is 0. The van der Waals surface area contributed by atoms with Gasteiger partial charge in [0.2, 0.25) is 0 Å². The molecule has 4 rings (SSSR count). The van der Waals surface area contributed by atoms with Gasteiger partial charge in [-0.15, -0.1) is 12.4 Å². The second-order valence-electron chi connectivity index (χ2n) is 8.10. The molecule has 1 N–H and O–H groups in total. The molecule has 2 heterocycles. The number of hydrogen-bond donors (Lipinski definition) is 1. The molecule has 0 aromatic heterocycles. The molecule has 2 atom stereocenters. The molecular formula is C24H31ClFNO2S. The molecule has 2 unspecified atom stereocenters. The topological polar surface area (TPSA) is 32.7 Å². The number of rotatable bonds is 7. The Labute approximate surface area is 189 Å². The fourth-order valence-electron chi connectivity index (χ4n) is 4.66. The average molecular weight is 452 g/mol. The lowest BCUT2D eigenvalue weighted by Gasteiger charge is -2.28. The first-order valence-electron chi connectivity index (χ1n) is 10.7. The molecule has 1 saturated heterocycles. The lowest BCUT2D eigenvalue weighted by molar-refractivity contribution is 0.0596. The number of halogens is 2. The van der Waals surface area contributed by atoms with Crippen LogP contribution in [0.1, 0.15) is 63.1 Å². The van der Waals surface area contributed by atoms with E-state index in [1.165, 1.54) is 22.6 Å². The van der Waals surface area contributed by atoms with Crippen molar-refractivity contribution in [3.8, 4) is 5.75 Å². The van der Waals surface area contributed by atoms with Gasteiger partial charge in [0.25, 0.3) is 0 Å². The number of ether oxygens (including phenoxy) is 1. The molecule has 0 spiro atoms. The van der Waals surface area contributed by atoms with E-state index in [1.54, 1.807) is 0 Å². The molecule has 2 aliphatic rings. The summed E-state index contributed by atoms with van der Waals surface area (Å²) in [6.07, 6.45) is 5.95. The quantitative estimate of drug-likeness (QED) is 0.532. The SMILES string of the molecule is CCC1(CC)Oc2ccc(C3CCC(CCc4ccc(F)cc4)N3CO)cc2S1.Cl. The van der Waals surface area contributed by atoms with E-state index in [2.05, 4.69) is 36.9 Å². The van der Waals surface area contributed by atoms with Crippen LogP contribution in [0.15, 0.2) is 47.4 Å². The van der Waals surface area contributed by atoms with Crippen molar-refractivity contribution < 1.29 is 14.2 Å². The highest BCUT2D eigenvalue weighted by Gasteiger charge is 2.39. The lowest BCUT2D eigenvalue weighted by atomic mass is 10.0. The molecule has 6 heteroatoms. The van der Waals surface area contributed by atoms with Crippen molar-refractivity contribution in [2.75, 3.05) is 6.73 Å². The number of thioether (sulfide) groups is 1. The molecule has 3 nitrogen and oxygen atoms in total. The van der Waals surface area contributed by atoms with E-state index >= 15 is 0 Å². The van der Waals surface area contributed by atoms with Crippen molar-refractivity contribution >= 4 is 24.2 Å². The van der Waals surface area contributed by atoms with Crippen LogP contribution in [0.5, 0.6) is 5.75 Å². The third kappa shape index (κ3) is 4.64. The summed E-state index contributed by atoms with van der Waals surface area (Å²) < 4.78 is 19.4. The molecule has 0 radical (unpaired) electrons. The zero-order valence-corrected chi connectivity index (χ0v) is 19.3. The van der Waals surface area contributed by atoms with Crippen molar-refractivity contribution in [1.82, 2.24) is 4.90 Å². The Hall–Kier alpha value is -1.27. The lowest BCUT2D eigenvalue weighted by Crippen LogP contribution is -2.32. The Balaban J connectivity index is 0.00000256. The molecule has 0 saturated carbocycles. The Morgan fingerprint density at radius 3 is 2.53 bits per heavy atom. The third-order valence-electron chi connectivity index (χ3n) is 6.51. The molecule has 2 aromatic carbocycles. The highest BCUT2D eigenvalue weighted by molar-refractivity contribution is 8.00. The molecule has 0 bridgehead atoms. The first kappa shape index (κ1) is 23.4. The van der Waals surface area contributed by atoms with Gasteiger partial charge in [-0.3, -0.25) is 4.90 Å². The maximum absolute atomic E-state index is 13.1. The maximum atomic E-state index is 13.1. The van der Waals surface area contributed by atoms with E-state index in [4.69, 9.17) is 4.74 Å². The molecule has 0 aliphatic carbocycles. The fraction of sp³-hybridized carbons (Fsp3) is 0.500. The summed E-state index contributed by atoms with van der Waals surface area (Å²) in [5.41, 5.74) is 2.41. The Kier molecular flexibility index (Phi) is 7.72. The second kappa shape index (κ2) is 9.90. The van der Waals surface area contributed by atoms with Crippen LogP contribution in [-0.4, -0.2) is 27.7 Å². The molecule has 1 fully saturated rings. The van der Waals surface area contributed by atoms with Crippen molar-refractivity contribution in [2.45, 2.75) is 74.3 Å². The van der Waals surface area contributed by atoms with E-state index < -0.39 is 0 Å². The summed E-state index contributed by atoms with van der Waals surface area (Å²) in [6.45, 7) is 4.42. The summed E-state index contributed by atoms with van der Waals surface area (Å²) in [7, 11) is 0. The monoisotopic (exact) mass is 451 g/mol. The number of fused-ring (bicyclic) bond motifs is 1. The third-order valence-corrected chi connectivity index (χ3v) is 8.08. The molecule has 2 aliphatic heterocycles. The van der Waals surface area contributed by atoms with Gasteiger partial charge in [0.1, 0.15) is 11.6 Å². The number of hydrogen-bond acceptors (Lipinski definition) is 4. The normalized spacial score (nSPS) is 22.4. The van der Waals surface area contributed by atoms with Crippen LogP contribution in [0.4, 0.5) is 4.39 Å². The molecule has 2 aromatic rings. The average Bonchev–Trinajstić information content (AvgIpc) is 3.33. The number of benzene rings is 2. The summed E-state index contributed by atoms with van der Waals surface area (Å²) in [4.78, 5) is 3.31. The van der Waals surface area contributed by atoms with Gasteiger partial charge in [0, 0.05) is 12.1 Å². The van der Waals surface area contributed by atoms with Gasteiger partial charge in [-0.05, 0) is 73.9 Å². The molecule has 164 valence electrons. The van der Waals surface area contributed by atoms with Crippen LogP contribution >= 0.6 is 24.2 Å². The Bertz CT molecular complexity index is 844. The molecule has 0 amide bonds. The smallest absolute Gasteiger partial charge is 0.158 e. The van der Waals surface area contributed by atoms with Crippen LogP contribution < -0.4 is 4.74 Å². The van der Waals surface area contributed by atoms with Gasteiger partial charge in [0.15, 0.2) is 4.93 Å². The van der Waals surface area contributed by atoms with Crippen molar-refractivity contribution in [1.29, 1.82) is 0 Å². The van der Waals surface area contributed by atoms with Gasteiger partial charge in [-0.1, -0.05) is 43.8 Å². The van der Waals surface area contributed by atoms with Crippen LogP contribution in [0.25, 0.3) is 0 Å². The van der Waals surface area contributed by atoms with E-state index in [0.29, 0.717) is 6.04 Å². The number of aryl methyl sites for hydroxylation is 1. The number of nitrogens with zero attached hydrogens (tertiary/aromatic N) is 1. The van der Waals surface area contributed by atoms with Crippen LogP contribution in [0, 0.1) is 5.82 Å². The summed E-state index contributed by atoms with van der Waals surface area (Å²) >= 11 is 1.84. The van der Waals surface area contributed by atoms with Crippen LogP contribution in [-0.2, 0) is 6.42 Å². The minimum atomic E-state index is -0.194. The van der Waals surface area contributed by atoms with E-state index in [-0.39, 0.29) is 35.9 Å². The Morgan fingerprint density at radius 1 is 1.13 bits per heavy atom. The number of aliphatic hydroxyl groups is 1. The summed E-state index contributed by atoms with van der Waals surface area (Å²) in [5.74, 6) is 0.796. The van der Waals surface area contributed by atoms with Gasteiger partial charge >= 0.3 is 0 Å². The second-order valence-corrected chi connectivity index (χ2v) is 9.48. The predicted octanol–water partition coefficient (Wildman–Crippen LogP) is 6.34. The van der Waals surface area contributed by atoms with Crippen molar-refractivity contribution in [3.05, 3.63) is 59.4 Å². The number of likely N-dealkylation sites (tertiary alicyclic amines) is 1. The van der Waals surface area contributed by atoms with Crippen LogP contribution in [0.3, 0.4) is 0 Å². The summed E-state index contributed by atoms with van der Waals surface area (Å²) in [5, 5.41) is 10.1. The zero-order valence-electron chi connectivity index (χ0n) is 17.6. The van der Waals surface area contributed by atoms with Gasteiger partial charge in [-0.25, -0.2) is 4.39 Å². The largest absolute Gasteiger partial charge is 0.475 e. The van der Waals surface area contributed by atoms with Crippen molar-refractivity contribution in [2.24, 2.45) is 0 Å². The van der Waals surface area contributed by atoms with Crippen molar-refractivity contribution in [3.63, 3.8) is 0 Å². The first-order chi connectivity index (χ1) is 14.1. The predicted molar refractivity (Wildman–Crippen MR) is 123 cm³/mol. The molecule has 30 heavy (non-hydrogen) atoms.